The molecule has 7 nitrogen and oxygen atoms in total. The fraction of sp³-hybridized carbons (Fsp3) is 0.571. The first kappa shape index (κ1) is 26.5. The van der Waals surface area contributed by atoms with Gasteiger partial charge in [-0.3, -0.25) is 14.4 Å². The van der Waals surface area contributed by atoms with Gasteiger partial charge in [-0.2, -0.15) is 5.26 Å². The fourth-order valence-corrected chi connectivity index (χ4v) is 4.60. The van der Waals surface area contributed by atoms with E-state index in [1.165, 1.54) is 0 Å². The first-order chi connectivity index (χ1) is 16.3. The number of nitrogens with one attached hydrogen (secondary N) is 2. The number of aryl methyl sites for hydroxylation is 1. The normalized spacial score (nSPS) is 20.0. The number of fused-ring (bicyclic) bond motifs is 1. The monoisotopic (exact) mass is 478 g/mol. The van der Waals surface area contributed by atoms with Gasteiger partial charge in [-0.25, -0.2) is 0 Å². The molecule has 0 bridgehead atoms. The van der Waals surface area contributed by atoms with Crippen molar-refractivity contribution >= 4 is 22.7 Å². The van der Waals surface area contributed by atoms with Gasteiger partial charge in [-0.15, -0.1) is 0 Å². The zero-order valence-electron chi connectivity index (χ0n) is 21.9. The molecule has 1 aromatic heterocycles. The summed E-state index contributed by atoms with van der Waals surface area (Å²) in [6, 6.07) is 8.17. The fourth-order valence-electron chi connectivity index (χ4n) is 4.60. The summed E-state index contributed by atoms with van der Waals surface area (Å²) in [6.45, 7) is 14.7. The Morgan fingerprint density at radius 3 is 2.51 bits per heavy atom. The molecule has 2 amide bonds. The van der Waals surface area contributed by atoms with Gasteiger partial charge in [0.15, 0.2) is 0 Å². The van der Waals surface area contributed by atoms with Crippen molar-refractivity contribution in [1.29, 1.82) is 5.26 Å². The number of carbonyl (C=O) groups excluding carboxylic acids is 2. The Morgan fingerprint density at radius 1 is 1.23 bits per heavy atom. The van der Waals surface area contributed by atoms with E-state index < -0.39 is 12.1 Å². The van der Waals surface area contributed by atoms with E-state index in [-0.39, 0.29) is 41.0 Å². The predicted octanol–water partition coefficient (Wildman–Crippen LogP) is 3.94. The van der Waals surface area contributed by atoms with E-state index in [1.807, 2.05) is 52.8 Å². The molecule has 0 saturated carbocycles. The van der Waals surface area contributed by atoms with Crippen molar-refractivity contribution < 1.29 is 9.59 Å². The minimum atomic E-state index is -0.874. The number of amides is 2. The van der Waals surface area contributed by atoms with Crippen LogP contribution in [0.3, 0.4) is 0 Å². The maximum absolute atomic E-state index is 13.4. The van der Waals surface area contributed by atoms with Crippen LogP contribution in [0.2, 0.25) is 0 Å². The molecule has 1 saturated heterocycles. The lowest BCUT2D eigenvalue weighted by Crippen LogP contribution is -2.51. The predicted molar refractivity (Wildman–Crippen MR) is 138 cm³/mol. The SMILES string of the molecule is Cc1ccc2[nH]c(=O)c(CC(C#N)NC(=O)[C@@H]3C[C@@H](C(C)C)CN3C(=O)C(C)C(C)(C)C)cc2c1. The maximum Gasteiger partial charge on any atom is 0.251 e. The molecular weight excluding hydrogens is 440 g/mol. The van der Waals surface area contributed by atoms with Gasteiger partial charge in [0, 0.05) is 30.0 Å². The largest absolute Gasteiger partial charge is 0.338 e. The van der Waals surface area contributed by atoms with E-state index >= 15 is 0 Å². The quantitative estimate of drug-likeness (QED) is 0.656. The summed E-state index contributed by atoms with van der Waals surface area (Å²) in [5.74, 6) is -0.0543. The third-order valence-corrected chi connectivity index (χ3v) is 7.50. The molecule has 2 N–H and O–H groups in total. The topological polar surface area (TPSA) is 106 Å². The van der Waals surface area contributed by atoms with E-state index in [0.717, 1.165) is 16.5 Å². The van der Waals surface area contributed by atoms with Gasteiger partial charge in [-0.05, 0) is 54.2 Å². The Morgan fingerprint density at radius 2 is 1.91 bits per heavy atom. The highest BCUT2D eigenvalue weighted by Gasteiger charge is 2.43. The van der Waals surface area contributed by atoms with Crippen molar-refractivity contribution in [1.82, 2.24) is 15.2 Å². The summed E-state index contributed by atoms with van der Waals surface area (Å²) in [5.41, 5.74) is 1.74. The maximum atomic E-state index is 13.4. The van der Waals surface area contributed by atoms with Gasteiger partial charge >= 0.3 is 0 Å². The lowest BCUT2D eigenvalue weighted by Gasteiger charge is -2.33. The molecule has 1 aliphatic rings. The van der Waals surface area contributed by atoms with E-state index in [4.69, 9.17) is 0 Å². The standard InChI is InChI=1S/C28H38N4O3/c1-16(2)21-13-24(32(15-21)27(35)18(4)28(5,6)7)26(34)30-22(14-29)12-20-11-19-10-17(3)8-9-23(19)31-25(20)33/h8-11,16,18,21-22,24H,12-13,15H2,1-7H3,(H,30,34)(H,31,33)/t18?,21-,22?,24+/m1/s1. The molecule has 3 rings (SSSR count). The zero-order valence-corrected chi connectivity index (χ0v) is 21.9. The summed E-state index contributed by atoms with van der Waals surface area (Å²) >= 11 is 0. The number of pyridine rings is 1. The molecule has 7 heteroatoms. The van der Waals surface area contributed by atoms with Crippen LogP contribution in [-0.4, -0.2) is 40.3 Å². The van der Waals surface area contributed by atoms with Crippen molar-refractivity contribution in [2.45, 2.75) is 73.4 Å². The number of likely N-dealkylation sites (tertiary alicyclic amines) is 1. The first-order valence-corrected chi connectivity index (χ1v) is 12.4. The Hall–Kier alpha value is -3.14. The van der Waals surface area contributed by atoms with E-state index in [2.05, 4.69) is 30.2 Å². The number of nitriles is 1. The van der Waals surface area contributed by atoms with Crippen LogP contribution in [0.25, 0.3) is 10.9 Å². The number of nitrogens with zero attached hydrogens (tertiary/aromatic N) is 2. The summed E-state index contributed by atoms with van der Waals surface area (Å²) in [7, 11) is 0. The Balaban J connectivity index is 1.80. The molecule has 1 fully saturated rings. The van der Waals surface area contributed by atoms with Crippen LogP contribution in [0, 0.1) is 41.4 Å². The van der Waals surface area contributed by atoms with Crippen molar-refractivity contribution in [3.8, 4) is 6.07 Å². The van der Waals surface area contributed by atoms with Gasteiger partial charge in [0.05, 0.1) is 6.07 Å². The van der Waals surface area contributed by atoms with Crippen molar-refractivity contribution in [3.05, 3.63) is 45.7 Å². The van der Waals surface area contributed by atoms with Gasteiger partial charge in [0.2, 0.25) is 11.8 Å². The Kier molecular flexibility index (Phi) is 7.74. The van der Waals surface area contributed by atoms with Crippen LogP contribution in [-0.2, 0) is 16.0 Å². The number of aromatic amines is 1. The smallest absolute Gasteiger partial charge is 0.251 e. The minimum absolute atomic E-state index is 0.0318. The number of benzene rings is 1. The van der Waals surface area contributed by atoms with Crippen LogP contribution in [0.4, 0.5) is 0 Å². The summed E-state index contributed by atoms with van der Waals surface area (Å²) in [6.07, 6.45) is 0.661. The van der Waals surface area contributed by atoms with Crippen molar-refractivity contribution in [3.63, 3.8) is 0 Å². The third-order valence-electron chi connectivity index (χ3n) is 7.50. The van der Waals surface area contributed by atoms with Gasteiger partial charge in [0.1, 0.15) is 12.1 Å². The second-order valence-corrected chi connectivity index (χ2v) is 11.4. The van der Waals surface area contributed by atoms with Gasteiger partial charge < -0.3 is 15.2 Å². The summed E-state index contributed by atoms with van der Waals surface area (Å²) < 4.78 is 0. The number of rotatable bonds is 6. The molecule has 2 unspecified atom stereocenters. The molecule has 35 heavy (non-hydrogen) atoms. The molecule has 2 aromatic rings. The highest BCUT2D eigenvalue weighted by Crippen LogP contribution is 2.34. The molecule has 1 aromatic carbocycles. The zero-order chi connectivity index (χ0) is 26.1. The number of aromatic nitrogens is 1. The molecule has 0 radical (unpaired) electrons. The van der Waals surface area contributed by atoms with Crippen molar-refractivity contribution in [2.75, 3.05) is 6.54 Å². The number of hydrogen-bond acceptors (Lipinski definition) is 4. The summed E-state index contributed by atoms with van der Waals surface area (Å²) in [5, 5.41) is 13.5. The van der Waals surface area contributed by atoms with Crippen LogP contribution >= 0.6 is 0 Å². The van der Waals surface area contributed by atoms with Crippen LogP contribution in [0.1, 0.15) is 59.1 Å². The number of H-pyrrole nitrogens is 1. The molecule has 0 aliphatic carbocycles. The molecule has 0 spiro atoms. The second kappa shape index (κ2) is 10.2. The summed E-state index contributed by atoms with van der Waals surface area (Å²) in [4.78, 5) is 43.9. The number of carbonyl (C=O) groups is 2. The van der Waals surface area contributed by atoms with Crippen molar-refractivity contribution in [2.24, 2.45) is 23.2 Å². The van der Waals surface area contributed by atoms with Gasteiger partial charge in [0.25, 0.3) is 5.56 Å². The highest BCUT2D eigenvalue weighted by molar-refractivity contribution is 5.89. The molecule has 1 aliphatic heterocycles. The first-order valence-electron chi connectivity index (χ1n) is 12.4. The van der Waals surface area contributed by atoms with Crippen LogP contribution in [0.15, 0.2) is 29.1 Å². The van der Waals surface area contributed by atoms with Gasteiger partial charge in [-0.1, -0.05) is 53.2 Å². The van der Waals surface area contributed by atoms with E-state index in [0.29, 0.717) is 24.4 Å². The lowest BCUT2D eigenvalue weighted by atomic mass is 9.81. The number of hydrogen-bond donors (Lipinski definition) is 2. The van der Waals surface area contributed by atoms with E-state index in [1.54, 1.807) is 11.0 Å². The third kappa shape index (κ3) is 5.93. The molecular formula is C28H38N4O3. The van der Waals surface area contributed by atoms with E-state index in [9.17, 15) is 19.6 Å². The molecule has 4 atom stereocenters. The van der Waals surface area contributed by atoms with Crippen LogP contribution < -0.4 is 10.9 Å². The second-order valence-electron chi connectivity index (χ2n) is 11.4. The average Bonchev–Trinajstić information content (AvgIpc) is 3.23. The Bertz CT molecular complexity index is 1200. The van der Waals surface area contributed by atoms with Crippen LogP contribution in [0.5, 0.6) is 0 Å². The molecule has 188 valence electrons. The minimum Gasteiger partial charge on any atom is -0.338 e. The highest BCUT2D eigenvalue weighted by atomic mass is 16.2. The lowest BCUT2D eigenvalue weighted by molar-refractivity contribution is -0.144. The molecule has 2 heterocycles. The Labute approximate surface area is 207 Å². The average molecular weight is 479 g/mol.